The molecule has 0 bridgehead atoms. The second kappa shape index (κ2) is 9.16. The van der Waals surface area contributed by atoms with Gasteiger partial charge in [0.1, 0.15) is 0 Å². The van der Waals surface area contributed by atoms with Crippen LogP contribution in [0.4, 0.5) is 0 Å². The highest BCUT2D eigenvalue weighted by atomic mass is 16.3. The van der Waals surface area contributed by atoms with E-state index >= 15 is 0 Å². The van der Waals surface area contributed by atoms with Crippen LogP contribution in [0.5, 0.6) is 0 Å². The van der Waals surface area contributed by atoms with Crippen LogP contribution < -0.4 is 5.56 Å². The number of benzene rings is 2. The minimum Gasteiger partial charge on any atom is -0.387 e. The Morgan fingerprint density at radius 2 is 1.62 bits per heavy atom. The fourth-order valence-corrected chi connectivity index (χ4v) is 4.04. The third-order valence-electron chi connectivity index (χ3n) is 5.75. The van der Waals surface area contributed by atoms with Crippen LogP contribution in [-0.4, -0.2) is 39.4 Å². The van der Waals surface area contributed by atoms with E-state index in [1.807, 2.05) is 60.7 Å². The maximum Gasteiger partial charge on any atom is 0.274 e. The van der Waals surface area contributed by atoms with E-state index in [1.165, 1.54) is 0 Å². The molecule has 2 heterocycles. The lowest BCUT2D eigenvalue weighted by molar-refractivity contribution is 0.0857. The first kappa shape index (κ1) is 19.6. The molecule has 1 N–H and O–H groups in total. The molecule has 150 valence electrons. The molecule has 29 heavy (non-hydrogen) atoms. The molecule has 0 spiro atoms. The normalized spacial score (nSPS) is 16.6. The molecule has 1 unspecified atom stereocenters. The van der Waals surface area contributed by atoms with Crippen molar-refractivity contribution >= 4 is 0 Å². The van der Waals surface area contributed by atoms with Crippen molar-refractivity contribution in [1.29, 1.82) is 0 Å². The molecular formula is C24H27N3O2. The van der Waals surface area contributed by atoms with Gasteiger partial charge in [0.15, 0.2) is 0 Å². The van der Waals surface area contributed by atoms with Crippen molar-refractivity contribution in [2.24, 2.45) is 5.92 Å². The van der Waals surface area contributed by atoms with E-state index in [1.54, 1.807) is 16.9 Å². The van der Waals surface area contributed by atoms with Crippen molar-refractivity contribution < 1.29 is 5.11 Å². The van der Waals surface area contributed by atoms with Crippen molar-refractivity contribution in [3.63, 3.8) is 0 Å². The highest BCUT2D eigenvalue weighted by Crippen LogP contribution is 2.22. The molecule has 4 rings (SSSR count). The lowest BCUT2D eigenvalue weighted by Gasteiger charge is -2.33. The lowest BCUT2D eigenvalue weighted by Crippen LogP contribution is -2.39. The summed E-state index contributed by atoms with van der Waals surface area (Å²) in [7, 11) is 0. The molecule has 0 saturated carbocycles. The summed E-state index contributed by atoms with van der Waals surface area (Å²) in [5.74, 6) is 0.427. The number of hydrogen-bond acceptors (Lipinski definition) is 4. The van der Waals surface area contributed by atoms with E-state index in [0.29, 0.717) is 24.6 Å². The van der Waals surface area contributed by atoms with Gasteiger partial charge in [-0.3, -0.25) is 4.79 Å². The summed E-state index contributed by atoms with van der Waals surface area (Å²) in [5.41, 5.74) is 2.56. The molecule has 5 nitrogen and oxygen atoms in total. The van der Waals surface area contributed by atoms with Gasteiger partial charge in [-0.05, 0) is 49.0 Å². The second-order valence-corrected chi connectivity index (χ2v) is 7.77. The maximum absolute atomic E-state index is 12.9. The molecule has 5 heteroatoms. The second-order valence-electron chi connectivity index (χ2n) is 7.77. The first-order chi connectivity index (χ1) is 14.2. The topological polar surface area (TPSA) is 58.4 Å². The highest BCUT2D eigenvalue weighted by molar-refractivity contribution is 5.61. The number of hydrogen-bond donors (Lipinski definition) is 1. The van der Waals surface area contributed by atoms with Gasteiger partial charge in [0, 0.05) is 19.3 Å². The Kier molecular flexibility index (Phi) is 6.17. The van der Waals surface area contributed by atoms with Gasteiger partial charge in [0.05, 0.1) is 11.7 Å². The van der Waals surface area contributed by atoms with E-state index in [9.17, 15) is 9.90 Å². The van der Waals surface area contributed by atoms with Crippen LogP contribution in [-0.2, 0) is 6.54 Å². The average Bonchev–Trinajstić information content (AvgIpc) is 2.78. The molecule has 0 radical (unpaired) electrons. The van der Waals surface area contributed by atoms with Crippen LogP contribution in [0.3, 0.4) is 0 Å². The van der Waals surface area contributed by atoms with Crippen molar-refractivity contribution in [3.05, 3.63) is 88.8 Å². The Morgan fingerprint density at radius 3 is 2.31 bits per heavy atom. The zero-order valence-corrected chi connectivity index (χ0v) is 16.5. The van der Waals surface area contributed by atoms with Gasteiger partial charge in [-0.1, -0.05) is 60.7 Å². The van der Waals surface area contributed by atoms with Crippen molar-refractivity contribution in [3.8, 4) is 11.1 Å². The zero-order chi connectivity index (χ0) is 20.1. The number of aliphatic hydroxyl groups excluding tert-OH is 1. The molecule has 3 aromatic rings. The molecule has 1 aliphatic rings. The molecule has 1 aliphatic heterocycles. The number of aromatic nitrogens is 2. The summed E-state index contributed by atoms with van der Waals surface area (Å²) in [5, 5.41) is 14.8. The quantitative estimate of drug-likeness (QED) is 0.702. The summed E-state index contributed by atoms with van der Waals surface area (Å²) in [6, 6.07) is 21.4. The molecule has 0 amide bonds. The van der Waals surface area contributed by atoms with E-state index in [2.05, 4.69) is 10.00 Å². The van der Waals surface area contributed by atoms with Gasteiger partial charge in [0.25, 0.3) is 5.56 Å². The Hall–Kier alpha value is -2.76. The van der Waals surface area contributed by atoms with Crippen LogP contribution in [0.15, 0.2) is 77.7 Å². The van der Waals surface area contributed by atoms with E-state index < -0.39 is 6.10 Å². The Labute approximate surface area is 171 Å². The number of likely N-dealkylation sites (tertiary alicyclic amines) is 1. The number of piperidine rings is 1. The minimum atomic E-state index is -0.459. The molecule has 1 atom stereocenters. The van der Waals surface area contributed by atoms with Crippen molar-refractivity contribution in [1.82, 2.24) is 14.7 Å². The predicted molar refractivity (Wildman–Crippen MR) is 114 cm³/mol. The van der Waals surface area contributed by atoms with Gasteiger partial charge < -0.3 is 10.0 Å². The Balaban J connectivity index is 1.35. The van der Waals surface area contributed by atoms with Gasteiger partial charge in [0.2, 0.25) is 0 Å². The van der Waals surface area contributed by atoms with Gasteiger partial charge in [-0.15, -0.1) is 0 Å². The first-order valence-electron chi connectivity index (χ1n) is 10.3. The van der Waals surface area contributed by atoms with Crippen LogP contribution in [0.25, 0.3) is 11.1 Å². The molecule has 1 aromatic heterocycles. The summed E-state index contributed by atoms with van der Waals surface area (Å²) in [4.78, 5) is 15.2. The van der Waals surface area contributed by atoms with Gasteiger partial charge in [-0.2, -0.15) is 5.10 Å². The summed E-state index contributed by atoms with van der Waals surface area (Å²) < 4.78 is 1.61. The number of rotatable bonds is 6. The molecule has 2 aromatic carbocycles. The largest absolute Gasteiger partial charge is 0.387 e. The summed E-state index contributed by atoms with van der Waals surface area (Å²) in [6.45, 7) is 3.16. The van der Waals surface area contributed by atoms with Gasteiger partial charge >= 0.3 is 0 Å². The van der Waals surface area contributed by atoms with E-state index in [0.717, 1.165) is 37.1 Å². The number of nitrogens with zero attached hydrogens (tertiary/aromatic N) is 3. The summed E-state index contributed by atoms with van der Waals surface area (Å²) >= 11 is 0. The van der Waals surface area contributed by atoms with Crippen molar-refractivity contribution in [2.45, 2.75) is 25.5 Å². The fraction of sp³-hybridized carbons (Fsp3) is 0.333. The Bertz CT molecular complexity index is 964. The van der Waals surface area contributed by atoms with Crippen LogP contribution in [0.2, 0.25) is 0 Å². The SMILES string of the molecule is O=c1c(-c2ccccc2)ccnn1CC1CCN(CC(O)c2ccccc2)CC1. The molecule has 0 aliphatic carbocycles. The number of aliphatic hydroxyl groups is 1. The third kappa shape index (κ3) is 4.81. The minimum absolute atomic E-state index is 0.0272. The maximum atomic E-state index is 12.9. The van der Waals surface area contributed by atoms with E-state index in [4.69, 9.17) is 0 Å². The predicted octanol–water partition coefficient (Wildman–Crippen LogP) is 3.36. The fourth-order valence-electron chi connectivity index (χ4n) is 4.04. The van der Waals surface area contributed by atoms with Crippen LogP contribution in [0.1, 0.15) is 24.5 Å². The van der Waals surface area contributed by atoms with Crippen LogP contribution in [0, 0.1) is 5.92 Å². The Morgan fingerprint density at radius 1 is 0.966 bits per heavy atom. The van der Waals surface area contributed by atoms with Crippen molar-refractivity contribution in [2.75, 3.05) is 19.6 Å². The molecular weight excluding hydrogens is 362 g/mol. The van der Waals surface area contributed by atoms with Gasteiger partial charge in [-0.25, -0.2) is 4.68 Å². The third-order valence-corrected chi connectivity index (χ3v) is 5.75. The number of β-amino-alcohol motifs (C(OH)–C–C–N with tert-alkyl or cyclic N) is 1. The van der Waals surface area contributed by atoms with E-state index in [-0.39, 0.29) is 5.56 Å². The first-order valence-corrected chi connectivity index (χ1v) is 10.3. The smallest absolute Gasteiger partial charge is 0.274 e. The van der Waals surface area contributed by atoms with Crippen LogP contribution >= 0.6 is 0 Å². The lowest BCUT2D eigenvalue weighted by atomic mass is 9.96. The molecule has 1 saturated heterocycles. The standard InChI is InChI=1S/C24H27N3O2/c28-23(21-9-5-2-6-10-21)18-26-15-12-19(13-16-26)17-27-24(29)22(11-14-25-27)20-7-3-1-4-8-20/h1-11,14,19,23,28H,12-13,15-18H2. The average molecular weight is 389 g/mol. The monoisotopic (exact) mass is 389 g/mol. The zero-order valence-electron chi connectivity index (χ0n) is 16.5. The highest BCUT2D eigenvalue weighted by Gasteiger charge is 2.22. The summed E-state index contributed by atoms with van der Waals surface area (Å²) in [6.07, 6.45) is 3.27. The molecule has 1 fully saturated rings.